The van der Waals surface area contributed by atoms with Gasteiger partial charge in [0.05, 0.1) is 25.9 Å². The van der Waals surface area contributed by atoms with Crippen molar-refractivity contribution in [2.45, 2.75) is 38.8 Å². The largest absolute Gasteiger partial charge is 0.497 e. The second-order valence-corrected chi connectivity index (χ2v) is 4.55. The van der Waals surface area contributed by atoms with E-state index in [-0.39, 0.29) is 6.04 Å². The number of nitrogens with one attached hydrogen (secondary N) is 1. The van der Waals surface area contributed by atoms with Crippen LogP contribution in [0.5, 0.6) is 5.75 Å². The zero-order chi connectivity index (χ0) is 13.4. The molecule has 0 bridgehead atoms. The minimum Gasteiger partial charge on any atom is -0.497 e. The molecule has 0 saturated heterocycles. The number of benzene rings is 1. The first-order chi connectivity index (χ1) is 8.71. The minimum absolute atomic E-state index is 0.232. The summed E-state index contributed by atoms with van der Waals surface area (Å²) >= 11 is 0. The predicted molar refractivity (Wildman–Crippen MR) is 75.1 cm³/mol. The van der Waals surface area contributed by atoms with Gasteiger partial charge in [0.15, 0.2) is 0 Å². The molecule has 18 heavy (non-hydrogen) atoms. The van der Waals surface area contributed by atoms with E-state index in [2.05, 4.69) is 31.3 Å². The van der Waals surface area contributed by atoms with E-state index in [1.165, 1.54) is 5.56 Å². The Morgan fingerprint density at radius 1 is 1.22 bits per heavy atom. The van der Waals surface area contributed by atoms with Crippen LogP contribution in [0.4, 0.5) is 0 Å². The summed E-state index contributed by atoms with van der Waals surface area (Å²) in [5, 5.41) is 3.29. The van der Waals surface area contributed by atoms with E-state index < -0.39 is 0 Å². The third-order valence-electron chi connectivity index (χ3n) is 3.11. The number of methoxy groups -OCH3 is 1. The van der Waals surface area contributed by atoms with E-state index in [1.54, 1.807) is 7.11 Å². The van der Waals surface area contributed by atoms with Crippen LogP contribution in [0.3, 0.4) is 0 Å². The SMILES string of the molecule is CCCC(C)OCC(NC)c1ccc(OC)cc1. The molecular weight excluding hydrogens is 226 g/mol. The van der Waals surface area contributed by atoms with Crippen molar-refractivity contribution in [1.29, 1.82) is 0 Å². The molecule has 0 aliphatic heterocycles. The molecule has 0 aliphatic carbocycles. The van der Waals surface area contributed by atoms with E-state index in [0.717, 1.165) is 18.6 Å². The first kappa shape index (κ1) is 15.0. The molecule has 0 fully saturated rings. The number of ether oxygens (including phenoxy) is 2. The van der Waals surface area contributed by atoms with E-state index >= 15 is 0 Å². The molecule has 3 nitrogen and oxygen atoms in total. The summed E-state index contributed by atoms with van der Waals surface area (Å²) in [6, 6.07) is 8.35. The highest BCUT2D eigenvalue weighted by molar-refractivity contribution is 5.29. The Balaban J connectivity index is 2.53. The highest BCUT2D eigenvalue weighted by atomic mass is 16.5. The van der Waals surface area contributed by atoms with Crippen molar-refractivity contribution in [3.8, 4) is 5.75 Å². The van der Waals surface area contributed by atoms with E-state index in [0.29, 0.717) is 12.7 Å². The van der Waals surface area contributed by atoms with E-state index in [1.807, 2.05) is 19.2 Å². The molecule has 0 spiro atoms. The summed E-state index contributed by atoms with van der Waals surface area (Å²) in [5.74, 6) is 0.883. The molecule has 102 valence electrons. The molecule has 0 heterocycles. The Morgan fingerprint density at radius 2 is 1.89 bits per heavy atom. The van der Waals surface area contributed by atoms with Crippen LogP contribution in [0, 0.1) is 0 Å². The monoisotopic (exact) mass is 251 g/mol. The lowest BCUT2D eigenvalue weighted by Gasteiger charge is -2.20. The van der Waals surface area contributed by atoms with Crippen LogP contribution in [0.1, 0.15) is 38.3 Å². The Morgan fingerprint density at radius 3 is 2.39 bits per heavy atom. The average molecular weight is 251 g/mol. The van der Waals surface area contributed by atoms with Crippen molar-refractivity contribution in [3.05, 3.63) is 29.8 Å². The fourth-order valence-corrected chi connectivity index (χ4v) is 1.93. The first-order valence-corrected chi connectivity index (χ1v) is 6.64. The molecule has 3 heteroatoms. The van der Waals surface area contributed by atoms with Gasteiger partial charge >= 0.3 is 0 Å². The summed E-state index contributed by atoms with van der Waals surface area (Å²) < 4.78 is 11.0. The van der Waals surface area contributed by atoms with Gasteiger partial charge in [-0.25, -0.2) is 0 Å². The minimum atomic E-state index is 0.232. The molecule has 2 unspecified atom stereocenters. The van der Waals surface area contributed by atoms with Crippen LogP contribution in [-0.2, 0) is 4.74 Å². The highest BCUT2D eigenvalue weighted by Crippen LogP contribution is 2.18. The molecule has 1 aromatic carbocycles. The van der Waals surface area contributed by atoms with Crippen molar-refractivity contribution >= 4 is 0 Å². The van der Waals surface area contributed by atoms with Gasteiger partial charge in [0, 0.05) is 0 Å². The van der Waals surface area contributed by atoms with Crippen LogP contribution in [0.25, 0.3) is 0 Å². The molecule has 1 rings (SSSR count). The molecule has 0 radical (unpaired) electrons. The molecule has 1 N–H and O–H groups in total. The van der Waals surface area contributed by atoms with Crippen LogP contribution in [0.15, 0.2) is 24.3 Å². The number of likely N-dealkylation sites (N-methyl/N-ethyl adjacent to an activating group) is 1. The second-order valence-electron chi connectivity index (χ2n) is 4.55. The molecule has 2 atom stereocenters. The standard InChI is InChI=1S/C15H25NO2/c1-5-6-12(2)18-11-15(16-3)13-7-9-14(17-4)10-8-13/h7-10,12,15-16H,5-6,11H2,1-4H3. The van der Waals surface area contributed by atoms with Crippen molar-refractivity contribution in [2.75, 3.05) is 20.8 Å². The zero-order valence-electron chi connectivity index (χ0n) is 11.9. The van der Waals surface area contributed by atoms with E-state index in [4.69, 9.17) is 9.47 Å². The van der Waals surface area contributed by atoms with Crippen LogP contribution in [0.2, 0.25) is 0 Å². The van der Waals surface area contributed by atoms with Gasteiger partial charge in [-0.2, -0.15) is 0 Å². The first-order valence-electron chi connectivity index (χ1n) is 6.64. The molecule has 0 aromatic heterocycles. The van der Waals surface area contributed by atoms with Crippen LogP contribution in [-0.4, -0.2) is 26.9 Å². The Bertz CT molecular complexity index is 324. The van der Waals surface area contributed by atoms with Crippen molar-refractivity contribution in [2.24, 2.45) is 0 Å². The number of hydrogen-bond acceptors (Lipinski definition) is 3. The van der Waals surface area contributed by atoms with Crippen LogP contribution >= 0.6 is 0 Å². The fraction of sp³-hybridized carbons (Fsp3) is 0.600. The third kappa shape index (κ3) is 4.67. The predicted octanol–water partition coefficient (Wildman–Crippen LogP) is 3.16. The molecule has 1 aromatic rings. The summed E-state index contributed by atoms with van der Waals surface area (Å²) in [6.07, 6.45) is 2.59. The van der Waals surface area contributed by atoms with Crippen LogP contribution < -0.4 is 10.1 Å². The maximum atomic E-state index is 5.85. The van der Waals surface area contributed by atoms with Gasteiger partial charge in [-0.3, -0.25) is 0 Å². The van der Waals surface area contributed by atoms with Crippen molar-refractivity contribution in [1.82, 2.24) is 5.32 Å². The number of hydrogen-bond donors (Lipinski definition) is 1. The lowest BCUT2D eigenvalue weighted by Crippen LogP contribution is -2.24. The molecule has 0 amide bonds. The zero-order valence-corrected chi connectivity index (χ0v) is 11.9. The lowest BCUT2D eigenvalue weighted by atomic mass is 10.1. The summed E-state index contributed by atoms with van der Waals surface area (Å²) in [5.41, 5.74) is 1.22. The number of rotatable bonds is 8. The normalized spacial score (nSPS) is 14.2. The van der Waals surface area contributed by atoms with Gasteiger partial charge in [0.1, 0.15) is 5.75 Å². The summed E-state index contributed by atoms with van der Waals surface area (Å²) in [6.45, 7) is 5.01. The Hall–Kier alpha value is -1.06. The van der Waals surface area contributed by atoms with Gasteiger partial charge < -0.3 is 14.8 Å². The second kappa shape index (κ2) is 8.11. The Kier molecular flexibility index (Phi) is 6.76. The topological polar surface area (TPSA) is 30.5 Å². The van der Waals surface area contributed by atoms with Gasteiger partial charge in [-0.1, -0.05) is 25.5 Å². The summed E-state index contributed by atoms with van der Waals surface area (Å²) in [7, 11) is 3.64. The van der Waals surface area contributed by atoms with Gasteiger partial charge in [-0.15, -0.1) is 0 Å². The van der Waals surface area contributed by atoms with Crippen molar-refractivity contribution in [3.63, 3.8) is 0 Å². The lowest BCUT2D eigenvalue weighted by molar-refractivity contribution is 0.0453. The summed E-state index contributed by atoms with van der Waals surface area (Å²) in [4.78, 5) is 0. The molecule has 0 aliphatic rings. The smallest absolute Gasteiger partial charge is 0.118 e. The van der Waals surface area contributed by atoms with Gasteiger partial charge in [0.25, 0.3) is 0 Å². The quantitative estimate of drug-likeness (QED) is 0.770. The maximum Gasteiger partial charge on any atom is 0.118 e. The average Bonchev–Trinajstić information content (AvgIpc) is 2.40. The van der Waals surface area contributed by atoms with Gasteiger partial charge in [-0.05, 0) is 38.1 Å². The fourth-order valence-electron chi connectivity index (χ4n) is 1.93. The molecular formula is C15H25NO2. The highest BCUT2D eigenvalue weighted by Gasteiger charge is 2.11. The third-order valence-corrected chi connectivity index (χ3v) is 3.11. The maximum absolute atomic E-state index is 5.85. The van der Waals surface area contributed by atoms with Gasteiger partial charge in [0.2, 0.25) is 0 Å². The van der Waals surface area contributed by atoms with Crippen molar-refractivity contribution < 1.29 is 9.47 Å². The Labute approximate surface area is 110 Å². The van der Waals surface area contributed by atoms with E-state index in [9.17, 15) is 0 Å². The molecule has 0 saturated carbocycles.